The molecular formula is C15H20OS2. The van der Waals surface area contributed by atoms with Crippen molar-refractivity contribution in [1.82, 2.24) is 0 Å². The van der Waals surface area contributed by atoms with E-state index >= 15 is 0 Å². The van der Waals surface area contributed by atoms with E-state index in [4.69, 9.17) is 4.74 Å². The first-order valence-corrected chi connectivity index (χ1v) is 8.77. The third kappa shape index (κ3) is 2.45. The molecule has 0 saturated carbocycles. The molecule has 3 heteroatoms. The fraction of sp³-hybridized carbons (Fsp3) is 0.600. The Balaban J connectivity index is 1.79. The molecule has 0 amide bonds. The molecule has 3 rings (SSSR count). The molecule has 1 nitrogen and oxygen atoms in total. The number of rotatable bonds is 2. The third-order valence-corrected chi connectivity index (χ3v) is 6.69. The first-order chi connectivity index (χ1) is 8.80. The third-order valence-electron chi connectivity index (χ3n) is 4.01. The summed E-state index contributed by atoms with van der Waals surface area (Å²) in [6.45, 7) is 3.28. The van der Waals surface area contributed by atoms with Gasteiger partial charge in [0.15, 0.2) is 0 Å². The average Bonchev–Trinajstić information content (AvgIpc) is 2.71. The molecule has 0 bridgehead atoms. The van der Waals surface area contributed by atoms with E-state index in [0.717, 1.165) is 6.61 Å². The summed E-state index contributed by atoms with van der Waals surface area (Å²) in [5, 5.41) is 0.626. The molecule has 2 atom stereocenters. The van der Waals surface area contributed by atoms with Crippen LogP contribution in [0.3, 0.4) is 0 Å². The quantitative estimate of drug-likeness (QED) is 0.808. The van der Waals surface area contributed by atoms with Crippen LogP contribution < -0.4 is 0 Å². The van der Waals surface area contributed by atoms with Gasteiger partial charge in [0.2, 0.25) is 0 Å². The highest BCUT2D eigenvalue weighted by atomic mass is 32.2. The standard InChI is InChI=1S/C15H20OS2/c1-12-11-16-15(7-9-17-10-8-15)14(12)18-13-5-3-2-4-6-13/h2-6,12,14H,7-11H2,1H3/t12-,14-/m1/s1. The van der Waals surface area contributed by atoms with Gasteiger partial charge < -0.3 is 4.74 Å². The van der Waals surface area contributed by atoms with Crippen LogP contribution >= 0.6 is 23.5 Å². The van der Waals surface area contributed by atoms with Gasteiger partial charge in [0.25, 0.3) is 0 Å². The minimum Gasteiger partial charge on any atom is -0.373 e. The summed E-state index contributed by atoms with van der Waals surface area (Å²) in [4.78, 5) is 1.39. The first kappa shape index (κ1) is 12.9. The zero-order valence-electron chi connectivity index (χ0n) is 10.8. The van der Waals surface area contributed by atoms with Crippen molar-refractivity contribution >= 4 is 23.5 Å². The molecule has 2 heterocycles. The molecule has 2 fully saturated rings. The molecule has 0 radical (unpaired) electrons. The molecule has 1 aromatic rings. The molecule has 0 aliphatic carbocycles. The Hall–Kier alpha value is -0.120. The van der Waals surface area contributed by atoms with Crippen molar-refractivity contribution < 1.29 is 4.74 Å². The van der Waals surface area contributed by atoms with Crippen LogP contribution in [0.1, 0.15) is 19.8 Å². The van der Waals surface area contributed by atoms with Crippen molar-refractivity contribution in [2.24, 2.45) is 5.92 Å². The molecule has 0 N–H and O–H groups in total. The van der Waals surface area contributed by atoms with E-state index < -0.39 is 0 Å². The molecule has 2 aliphatic rings. The summed E-state index contributed by atoms with van der Waals surface area (Å²) in [7, 11) is 0. The monoisotopic (exact) mass is 280 g/mol. The van der Waals surface area contributed by atoms with Crippen molar-refractivity contribution in [2.45, 2.75) is 35.5 Å². The fourth-order valence-electron chi connectivity index (χ4n) is 3.00. The predicted molar refractivity (Wildman–Crippen MR) is 80.5 cm³/mol. The van der Waals surface area contributed by atoms with Gasteiger partial charge in [0, 0.05) is 10.1 Å². The average molecular weight is 280 g/mol. The Kier molecular flexibility index (Phi) is 3.92. The second-order valence-corrected chi connectivity index (χ2v) is 7.76. The SMILES string of the molecule is C[C@@H]1COC2(CCSCC2)[C@@H]1Sc1ccccc1. The Labute approximate surface area is 118 Å². The van der Waals surface area contributed by atoms with Crippen molar-refractivity contribution in [3.63, 3.8) is 0 Å². The number of hydrogen-bond acceptors (Lipinski definition) is 3. The van der Waals surface area contributed by atoms with Gasteiger partial charge in [-0.2, -0.15) is 11.8 Å². The van der Waals surface area contributed by atoms with Crippen molar-refractivity contribution in [1.29, 1.82) is 0 Å². The Morgan fingerprint density at radius 3 is 2.67 bits per heavy atom. The van der Waals surface area contributed by atoms with Crippen LogP contribution in [0.25, 0.3) is 0 Å². The Bertz CT molecular complexity index is 381. The lowest BCUT2D eigenvalue weighted by molar-refractivity contribution is -0.000110. The van der Waals surface area contributed by atoms with Gasteiger partial charge in [-0.15, -0.1) is 11.8 Å². The van der Waals surface area contributed by atoms with E-state index in [1.165, 1.54) is 29.2 Å². The normalized spacial score (nSPS) is 30.7. The largest absolute Gasteiger partial charge is 0.373 e. The predicted octanol–water partition coefficient (Wildman–Crippen LogP) is 4.08. The van der Waals surface area contributed by atoms with Crippen LogP contribution in [0.15, 0.2) is 35.2 Å². The van der Waals surface area contributed by atoms with E-state index in [1.807, 2.05) is 11.8 Å². The van der Waals surface area contributed by atoms with Gasteiger partial charge in [0.05, 0.1) is 12.2 Å². The summed E-state index contributed by atoms with van der Waals surface area (Å²) in [5.41, 5.74) is 0.158. The zero-order chi connectivity index (χ0) is 12.4. The number of benzene rings is 1. The highest BCUT2D eigenvalue weighted by Gasteiger charge is 2.49. The van der Waals surface area contributed by atoms with Gasteiger partial charge in [-0.3, -0.25) is 0 Å². The molecule has 0 unspecified atom stereocenters. The van der Waals surface area contributed by atoms with Gasteiger partial charge in [-0.1, -0.05) is 25.1 Å². The Morgan fingerprint density at radius 2 is 1.94 bits per heavy atom. The maximum atomic E-state index is 6.24. The molecular weight excluding hydrogens is 260 g/mol. The van der Waals surface area contributed by atoms with Gasteiger partial charge >= 0.3 is 0 Å². The highest BCUT2D eigenvalue weighted by Crippen LogP contribution is 2.48. The van der Waals surface area contributed by atoms with Crippen molar-refractivity contribution in [3.8, 4) is 0 Å². The molecule has 2 aliphatic heterocycles. The summed E-state index contributed by atoms with van der Waals surface area (Å²) >= 11 is 4.11. The van der Waals surface area contributed by atoms with Crippen LogP contribution in [0.4, 0.5) is 0 Å². The molecule has 1 aromatic carbocycles. The van der Waals surface area contributed by atoms with Crippen LogP contribution in [0.2, 0.25) is 0 Å². The molecule has 98 valence electrons. The smallest absolute Gasteiger partial charge is 0.0823 e. The number of hydrogen-bond donors (Lipinski definition) is 0. The minimum absolute atomic E-state index is 0.158. The lowest BCUT2D eigenvalue weighted by Crippen LogP contribution is -2.42. The first-order valence-electron chi connectivity index (χ1n) is 6.74. The van der Waals surface area contributed by atoms with Crippen molar-refractivity contribution in [3.05, 3.63) is 30.3 Å². The van der Waals surface area contributed by atoms with E-state index in [0.29, 0.717) is 11.2 Å². The van der Waals surface area contributed by atoms with E-state index in [-0.39, 0.29) is 5.60 Å². The lowest BCUT2D eigenvalue weighted by Gasteiger charge is -2.38. The zero-order valence-corrected chi connectivity index (χ0v) is 12.4. The second kappa shape index (κ2) is 5.48. The minimum atomic E-state index is 0.158. The Morgan fingerprint density at radius 1 is 1.22 bits per heavy atom. The van der Waals surface area contributed by atoms with Gasteiger partial charge in [0.1, 0.15) is 0 Å². The fourth-order valence-corrected chi connectivity index (χ4v) is 5.62. The van der Waals surface area contributed by atoms with E-state index in [2.05, 4.69) is 49.0 Å². The summed E-state index contributed by atoms with van der Waals surface area (Å²) in [6, 6.07) is 10.8. The molecule has 2 saturated heterocycles. The maximum absolute atomic E-state index is 6.24. The maximum Gasteiger partial charge on any atom is 0.0823 e. The van der Waals surface area contributed by atoms with Crippen LogP contribution in [0, 0.1) is 5.92 Å². The summed E-state index contributed by atoms with van der Waals surface area (Å²) in [5.74, 6) is 3.19. The van der Waals surface area contributed by atoms with Crippen molar-refractivity contribution in [2.75, 3.05) is 18.1 Å². The second-order valence-electron chi connectivity index (χ2n) is 5.32. The number of thioether (sulfide) groups is 2. The molecule has 18 heavy (non-hydrogen) atoms. The topological polar surface area (TPSA) is 9.23 Å². The van der Waals surface area contributed by atoms with Crippen LogP contribution in [-0.4, -0.2) is 29.0 Å². The molecule has 0 aromatic heterocycles. The summed E-state index contributed by atoms with van der Waals surface area (Å²) < 4.78 is 6.24. The van der Waals surface area contributed by atoms with E-state index in [1.54, 1.807) is 0 Å². The van der Waals surface area contributed by atoms with Crippen LogP contribution in [0.5, 0.6) is 0 Å². The van der Waals surface area contributed by atoms with Crippen LogP contribution in [-0.2, 0) is 4.74 Å². The summed E-state index contributed by atoms with van der Waals surface area (Å²) in [6.07, 6.45) is 2.46. The van der Waals surface area contributed by atoms with Gasteiger partial charge in [-0.05, 0) is 42.4 Å². The lowest BCUT2D eigenvalue weighted by atomic mass is 9.89. The molecule has 1 spiro atoms. The van der Waals surface area contributed by atoms with E-state index in [9.17, 15) is 0 Å². The number of ether oxygens (including phenoxy) is 1. The van der Waals surface area contributed by atoms with Gasteiger partial charge in [-0.25, -0.2) is 0 Å². The highest BCUT2D eigenvalue weighted by molar-refractivity contribution is 8.00.